The molecule has 1 atom stereocenters. The van der Waals surface area contributed by atoms with Crippen molar-refractivity contribution in [3.05, 3.63) is 11.4 Å². The van der Waals surface area contributed by atoms with Gasteiger partial charge < -0.3 is 4.74 Å². The molecular weight excluding hydrogens is 252 g/mol. The molecule has 110 valence electrons. The van der Waals surface area contributed by atoms with Gasteiger partial charge in [0.2, 0.25) is 0 Å². The summed E-state index contributed by atoms with van der Waals surface area (Å²) in [4.78, 5) is 2.56. The third kappa shape index (κ3) is 2.61. The summed E-state index contributed by atoms with van der Waals surface area (Å²) >= 11 is 0. The molecule has 0 unspecified atom stereocenters. The van der Waals surface area contributed by atoms with Crippen LogP contribution in [0.5, 0.6) is 0 Å². The van der Waals surface area contributed by atoms with Gasteiger partial charge in [-0.2, -0.15) is 0 Å². The predicted molar refractivity (Wildman–Crippen MR) is 75.4 cm³/mol. The van der Waals surface area contributed by atoms with Crippen LogP contribution in [0.1, 0.15) is 43.0 Å². The lowest BCUT2D eigenvalue weighted by Crippen LogP contribution is -2.37. The van der Waals surface area contributed by atoms with Crippen LogP contribution >= 0.6 is 0 Å². The zero-order chi connectivity index (χ0) is 13.5. The van der Waals surface area contributed by atoms with E-state index in [0.717, 1.165) is 38.1 Å². The minimum atomic E-state index is 0.441. The Hall–Kier alpha value is -0.940. The van der Waals surface area contributed by atoms with E-state index >= 15 is 0 Å². The smallest absolute Gasteiger partial charge is 0.100 e. The number of fused-ring (bicyclic) bond motifs is 1. The lowest BCUT2D eigenvalue weighted by molar-refractivity contribution is 0.132. The van der Waals surface area contributed by atoms with Crippen molar-refractivity contribution in [3.63, 3.8) is 0 Å². The van der Waals surface area contributed by atoms with Crippen LogP contribution in [0.15, 0.2) is 0 Å². The summed E-state index contributed by atoms with van der Waals surface area (Å²) in [5.74, 6) is 2.21. The minimum Gasteiger partial charge on any atom is -0.384 e. The summed E-state index contributed by atoms with van der Waals surface area (Å²) in [7, 11) is 1.80. The average Bonchev–Trinajstić information content (AvgIpc) is 3.32. The Labute approximate surface area is 120 Å². The van der Waals surface area contributed by atoms with Crippen molar-refractivity contribution in [1.29, 1.82) is 0 Å². The second-order valence-electron chi connectivity index (χ2n) is 6.84. The first-order valence-corrected chi connectivity index (χ1v) is 7.97. The van der Waals surface area contributed by atoms with Crippen LogP contribution in [0, 0.1) is 11.8 Å². The average molecular weight is 276 g/mol. The Morgan fingerprint density at radius 3 is 2.60 bits per heavy atom. The second kappa shape index (κ2) is 5.11. The lowest BCUT2D eigenvalue weighted by Gasteiger charge is -2.32. The van der Waals surface area contributed by atoms with Crippen molar-refractivity contribution in [2.24, 2.45) is 11.8 Å². The number of hydrogen-bond donors (Lipinski definition) is 0. The van der Waals surface area contributed by atoms with E-state index in [2.05, 4.69) is 19.9 Å². The van der Waals surface area contributed by atoms with Crippen molar-refractivity contribution < 1.29 is 4.74 Å². The number of aromatic nitrogens is 3. The molecule has 0 radical (unpaired) electrons. The Morgan fingerprint density at radius 1 is 1.15 bits per heavy atom. The van der Waals surface area contributed by atoms with Gasteiger partial charge in [-0.05, 0) is 37.5 Å². The summed E-state index contributed by atoms with van der Waals surface area (Å²) in [5.41, 5.74) is 2.55. The summed E-state index contributed by atoms with van der Waals surface area (Å²) in [6.07, 6.45) is 5.54. The largest absolute Gasteiger partial charge is 0.384 e. The molecule has 1 aromatic rings. The molecule has 0 saturated heterocycles. The molecule has 2 fully saturated rings. The van der Waals surface area contributed by atoms with Crippen molar-refractivity contribution in [2.45, 2.75) is 44.7 Å². The summed E-state index contributed by atoms with van der Waals surface area (Å²) in [6.45, 7) is 5.17. The molecule has 2 saturated carbocycles. The molecule has 20 heavy (non-hydrogen) atoms. The molecule has 0 aromatic carbocycles. The first-order chi connectivity index (χ1) is 9.83. The highest BCUT2D eigenvalue weighted by Gasteiger charge is 2.34. The fourth-order valence-electron chi connectivity index (χ4n) is 3.41. The first kappa shape index (κ1) is 12.8. The van der Waals surface area contributed by atoms with Gasteiger partial charge in [0.05, 0.1) is 12.3 Å². The van der Waals surface area contributed by atoms with Crippen molar-refractivity contribution >= 4 is 0 Å². The first-order valence-electron chi connectivity index (χ1n) is 7.97. The van der Waals surface area contributed by atoms with Crippen molar-refractivity contribution in [2.75, 3.05) is 26.8 Å². The monoisotopic (exact) mass is 276 g/mol. The Balaban J connectivity index is 1.55. The van der Waals surface area contributed by atoms with Crippen LogP contribution in [-0.4, -0.2) is 46.7 Å². The molecule has 1 aromatic heterocycles. The molecule has 4 rings (SSSR count). The molecular formula is C15H24N4O. The van der Waals surface area contributed by atoms with E-state index in [1.165, 1.54) is 43.6 Å². The fourth-order valence-corrected chi connectivity index (χ4v) is 3.41. The number of hydrogen-bond acceptors (Lipinski definition) is 4. The summed E-state index contributed by atoms with van der Waals surface area (Å²) < 4.78 is 7.63. The quantitative estimate of drug-likeness (QED) is 0.792. The highest BCUT2D eigenvalue weighted by Crippen LogP contribution is 2.35. The number of nitrogens with zero attached hydrogens (tertiary/aromatic N) is 4. The molecule has 5 nitrogen and oxygen atoms in total. The standard InChI is InChI=1S/C15H24N4O/c1-20-10-13-8-18(6-11-2-3-11)9-14-15(13)19(17-16-14)7-12-4-5-12/h11-13H,2-10H2,1H3/t13-/m1/s1. The molecule has 0 spiro atoms. The van der Waals surface area contributed by atoms with E-state index in [1.807, 2.05) is 0 Å². The van der Waals surface area contributed by atoms with E-state index in [-0.39, 0.29) is 0 Å². The zero-order valence-corrected chi connectivity index (χ0v) is 12.3. The highest BCUT2D eigenvalue weighted by atomic mass is 16.5. The number of methoxy groups -OCH3 is 1. The summed E-state index contributed by atoms with van der Waals surface area (Å²) in [6, 6.07) is 0. The maximum Gasteiger partial charge on any atom is 0.100 e. The van der Waals surface area contributed by atoms with E-state index in [1.54, 1.807) is 7.11 Å². The van der Waals surface area contributed by atoms with Gasteiger partial charge in [0.1, 0.15) is 5.69 Å². The number of rotatable bonds is 6. The zero-order valence-electron chi connectivity index (χ0n) is 12.3. The highest BCUT2D eigenvalue weighted by molar-refractivity contribution is 5.20. The van der Waals surface area contributed by atoms with Crippen LogP contribution in [-0.2, 0) is 17.8 Å². The maximum atomic E-state index is 5.46. The summed E-state index contributed by atoms with van der Waals surface area (Å²) in [5, 5.41) is 8.89. The van der Waals surface area contributed by atoms with Gasteiger partial charge in [-0.25, -0.2) is 4.68 Å². The molecule has 2 aliphatic carbocycles. The fraction of sp³-hybridized carbons (Fsp3) is 0.867. The van der Waals surface area contributed by atoms with Gasteiger partial charge >= 0.3 is 0 Å². The van der Waals surface area contributed by atoms with Crippen LogP contribution in [0.2, 0.25) is 0 Å². The molecule has 0 amide bonds. The van der Waals surface area contributed by atoms with Gasteiger partial charge in [0.25, 0.3) is 0 Å². The third-order valence-corrected chi connectivity index (χ3v) is 4.80. The maximum absolute atomic E-state index is 5.46. The van der Waals surface area contributed by atoms with Gasteiger partial charge in [-0.15, -0.1) is 5.10 Å². The van der Waals surface area contributed by atoms with Crippen molar-refractivity contribution in [1.82, 2.24) is 19.9 Å². The van der Waals surface area contributed by atoms with E-state index in [9.17, 15) is 0 Å². The van der Waals surface area contributed by atoms with Crippen LogP contribution in [0.25, 0.3) is 0 Å². The molecule has 5 heteroatoms. The van der Waals surface area contributed by atoms with Crippen LogP contribution < -0.4 is 0 Å². The molecule has 2 heterocycles. The Morgan fingerprint density at radius 2 is 1.90 bits per heavy atom. The lowest BCUT2D eigenvalue weighted by atomic mass is 9.98. The van der Waals surface area contributed by atoms with Crippen molar-refractivity contribution in [3.8, 4) is 0 Å². The van der Waals surface area contributed by atoms with Gasteiger partial charge in [0, 0.05) is 39.2 Å². The van der Waals surface area contributed by atoms with Crippen LogP contribution in [0.4, 0.5) is 0 Å². The minimum absolute atomic E-state index is 0.441. The van der Waals surface area contributed by atoms with E-state index in [0.29, 0.717) is 5.92 Å². The SMILES string of the molecule is COC[C@H]1CN(CC2CC2)Cc2nnn(CC3CC3)c21. The van der Waals surface area contributed by atoms with Gasteiger partial charge in [0.15, 0.2) is 0 Å². The topological polar surface area (TPSA) is 43.2 Å². The van der Waals surface area contributed by atoms with E-state index < -0.39 is 0 Å². The third-order valence-electron chi connectivity index (χ3n) is 4.80. The van der Waals surface area contributed by atoms with E-state index in [4.69, 9.17) is 4.74 Å². The molecule has 3 aliphatic rings. The predicted octanol–water partition coefficient (Wildman–Crippen LogP) is 1.64. The Bertz CT molecular complexity index is 478. The molecule has 1 aliphatic heterocycles. The second-order valence-corrected chi connectivity index (χ2v) is 6.84. The molecule has 0 bridgehead atoms. The molecule has 0 N–H and O–H groups in total. The van der Waals surface area contributed by atoms with Gasteiger partial charge in [-0.3, -0.25) is 4.90 Å². The van der Waals surface area contributed by atoms with Gasteiger partial charge in [-0.1, -0.05) is 5.21 Å². The number of ether oxygens (including phenoxy) is 1. The van der Waals surface area contributed by atoms with Crippen LogP contribution in [0.3, 0.4) is 0 Å². The Kier molecular flexibility index (Phi) is 3.27. The normalized spacial score (nSPS) is 26.8.